The predicted octanol–water partition coefficient (Wildman–Crippen LogP) is 3.27. The largest absolute Gasteiger partial charge is 0.490 e. The van der Waals surface area contributed by atoms with Crippen LogP contribution < -0.4 is 4.74 Å². The van der Waals surface area contributed by atoms with Crippen molar-refractivity contribution >= 4 is 11.8 Å². The zero-order chi connectivity index (χ0) is 19.9. The van der Waals surface area contributed by atoms with E-state index in [-0.39, 0.29) is 24.1 Å². The van der Waals surface area contributed by atoms with Gasteiger partial charge in [-0.05, 0) is 35.9 Å². The van der Waals surface area contributed by atoms with Crippen LogP contribution in [0.1, 0.15) is 22.3 Å². The van der Waals surface area contributed by atoms with Gasteiger partial charge in [0.05, 0.1) is 0 Å². The number of benzene rings is 2. The molecule has 5 nitrogen and oxygen atoms in total. The maximum atomic E-state index is 13.4. The molecule has 6 heteroatoms. The third kappa shape index (κ3) is 4.97. The molecule has 0 saturated carbocycles. The van der Waals surface area contributed by atoms with Crippen molar-refractivity contribution in [3.05, 3.63) is 78.1 Å². The summed E-state index contributed by atoms with van der Waals surface area (Å²) >= 11 is 0. The van der Waals surface area contributed by atoms with Gasteiger partial charge in [-0.15, -0.1) is 0 Å². The summed E-state index contributed by atoms with van der Waals surface area (Å²) in [6.45, 7) is 5.51. The van der Waals surface area contributed by atoms with Gasteiger partial charge in [-0.1, -0.05) is 30.9 Å². The number of hydrogen-bond acceptors (Lipinski definition) is 3. The summed E-state index contributed by atoms with van der Waals surface area (Å²) in [6, 6.07) is 13.2. The fourth-order valence-corrected chi connectivity index (χ4v) is 3.15. The molecule has 0 aliphatic carbocycles. The lowest BCUT2D eigenvalue weighted by molar-refractivity contribution is -0.130. The Balaban J connectivity index is 1.66. The Kier molecular flexibility index (Phi) is 6.42. The Morgan fingerprint density at radius 3 is 2.75 bits per heavy atom. The Morgan fingerprint density at radius 2 is 1.96 bits per heavy atom. The zero-order valence-corrected chi connectivity index (χ0v) is 15.6. The number of hydrogen-bond donors (Lipinski definition) is 0. The molecular formula is C22H23FN2O3. The van der Waals surface area contributed by atoms with Crippen molar-refractivity contribution in [2.75, 3.05) is 26.2 Å². The van der Waals surface area contributed by atoms with Gasteiger partial charge in [-0.2, -0.15) is 0 Å². The van der Waals surface area contributed by atoms with Crippen LogP contribution in [-0.4, -0.2) is 47.9 Å². The minimum Gasteiger partial charge on any atom is -0.490 e. The van der Waals surface area contributed by atoms with Crippen LogP contribution in [0, 0.1) is 5.82 Å². The molecule has 1 aliphatic heterocycles. The molecule has 1 fully saturated rings. The third-order valence-corrected chi connectivity index (χ3v) is 4.59. The molecule has 1 aliphatic rings. The normalized spacial score (nSPS) is 14.5. The van der Waals surface area contributed by atoms with Crippen molar-refractivity contribution in [1.29, 1.82) is 0 Å². The first kappa shape index (κ1) is 19.6. The predicted molar refractivity (Wildman–Crippen MR) is 104 cm³/mol. The number of ether oxygens (including phenoxy) is 1. The average molecular weight is 382 g/mol. The number of carbonyl (C=O) groups is 2. The van der Waals surface area contributed by atoms with Crippen LogP contribution in [-0.2, 0) is 11.3 Å². The molecule has 3 rings (SSSR count). The molecule has 0 aromatic heterocycles. The average Bonchev–Trinajstić information content (AvgIpc) is 2.88. The molecule has 2 aromatic carbocycles. The molecule has 0 N–H and O–H groups in total. The first-order valence-electron chi connectivity index (χ1n) is 9.22. The first-order chi connectivity index (χ1) is 13.6. The Bertz CT molecular complexity index is 868. The van der Waals surface area contributed by atoms with E-state index in [4.69, 9.17) is 4.74 Å². The molecule has 2 aromatic rings. The summed E-state index contributed by atoms with van der Waals surface area (Å²) in [7, 11) is 0. The van der Waals surface area contributed by atoms with Crippen molar-refractivity contribution < 1.29 is 18.7 Å². The van der Waals surface area contributed by atoms with Crippen LogP contribution in [0.5, 0.6) is 5.75 Å². The fraction of sp³-hybridized carbons (Fsp3) is 0.273. The van der Waals surface area contributed by atoms with Crippen LogP contribution in [0.3, 0.4) is 0 Å². The van der Waals surface area contributed by atoms with Gasteiger partial charge >= 0.3 is 0 Å². The monoisotopic (exact) mass is 382 g/mol. The number of carbonyl (C=O) groups excluding carboxylic acids is 2. The summed E-state index contributed by atoms with van der Waals surface area (Å²) in [4.78, 5) is 28.7. The van der Waals surface area contributed by atoms with Crippen molar-refractivity contribution in [3.8, 4) is 5.75 Å². The minimum atomic E-state index is -0.324. The lowest BCUT2D eigenvalue weighted by atomic mass is 10.2. The third-order valence-electron chi connectivity index (χ3n) is 4.59. The van der Waals surface area contributed by atoms with Gasteiger partial charge < -0.3 is 14.5 Å². The molecule has 0 radical (unpaired) electrons. The maximum absolute atomic E-state index is 13.4. The summed E-state index contributed by atoms with van der Waals surface area (Å²) in [6.07, 6.45) is 1.88. The van der Waals surface area contributed by atoms with Crippen LogP contribution >= 0.6 is 0 Å². The summed E-state index contributed by atoms with van der Waals surface area (Å²) in [5, 5.41) is 0. The fourth-order valence-electron chi connectivity index (χ4n) is 3.15. The number of nitrogens with zero attached hydrogens (tertiary/aromatic N) is 2. The Labute approximate surface area is 164 Å². The second-order valence-electron chi connectivity index (χ2n) is 6.61. The molecule has 0 spiro atoms. The van der Waals surface area contributed by atoms with Gasteiger partial charge in [0.2, 0.25) is 5.91 Å². The van der Waals surface area contributed by atoms with E-state index in [1.54, 1.807) is 52.3 Å². The molecule has 0 atom stereocenters. The van der Waals surface area contributed by atoms with E-state index in [9.17, 15) is 14.0 Å². The highest BCUT2D eigenvalue weighted by Gasteiger charge is 2.24. The van der Waals surface area contributed by atoms with Crippen molar-refractivity contribution in [3.63, 3.8) is 0 Å². The highest BCUT2D eigenvalue weighted by Crippen LogP contribution is 2.17. The number of halogens is 1. The quantitative estimate of drug-likeness (QED) is 0.721. The van der Waals surface area contributed by atoms with Gasteiger partial charge in [-0.3, -0.25) is 9.59 Å². The summed E-state index contributed by atoms with van der Waals surface area (Å²) in [5.74, 6) is 0.103. The van der Waals surface area contributed by atoms with Crippen molar-refractivity contribution in [2.45, 2.75) is 13.0 Å². The Morgan fingerprint density at radius 1 is 1.14 bits per heavy atom. The smallest absolute Gasteiger partial charge is 0.254 e. The van der Waals surface area contributed by atoms with E-state index < -0.39 is 0 Å². The van der Waals surface area contributed by atoms with Crippen molar-refractivity contribution in [2.24, 2.45) is 0 Å². The van der Waals surface area contributed by atoms with Gasteiger partial charge in [0.1, 0.15) is 18.2 Å². The zero-order valence-electron chi connectivity index (χ0n) is 15.6. The van der Waals surface area contributed by atoms with E-state index in [0.717, 1.165) is 5.56 Å². The number of rotatable bonds is 6. The molecule has 2 amide bonds. The van der Waals surface area contributed by atoms with Gasteiger partial charge in [0.15, 0.2) is 0 Å². The molecule has 28 heavy (non-hydrogen) atoms. The lowest BCUT2D eigenvalue weighted by Crippen LogP contribution is -2.35. The van der Waals surface area contributed by atoms with Gasteiger partial charge in [0, 0.05) is 38.2 Å². The highest BCUT2D eigenvalue weighted by molar-refractivity contribution is 5.95. The van der Waals surface area contributed by atoms with Crippen LogP contribution in [0.2, 0.25) is 0 Å². The van der Waals surface area contributed by atoms with E-state index in [2.05, 4.69) is 6.58 Å². The Hall–Kier alpha value is -3.15. The van der Waals surface area contributed by atoms with Gasteiger partial charge in [-0.25, -0.2) is 4.39 Å². The van der Waals surface area contributed by atoms with Crippen molar-refractivity contribution in [1.82, 2.24) is 9.80 Å². The highest BCUT2D eigenvalue weighted by atomic mass is 19.1. The molecule has 0 unspecified atom stereocenters. The maximum Gasteiger partial charge on any atom is 0.254 e. The second kappa shape index (κ2) is 9.17. The van der Waals surface area contributed by atoms with Crippen LogP contribution in [0.25, 0.3) is 0 Å². The topological polar surface area (TPSA) is 49.9 Å². The summed E-state index contributed by atoms with van der Waals surface area (Å²) < 4.78 is 18.9. The first-order valence-corrected chi connectivity index (χ1v) is 9.22. The summed E-state index contributed by atoms with van der Waals surface area (Å²) in [5.41, 5.74) is 1.26. The molecule has 1 saturated heterocycles. The lowest BCUT2D eigenvalue weighted by Gasteiger charge is -2.22. The minimum absolute atomic E-state index is 0.0392. The van der Waals surface area contributed by atoms with E-state index in [1.165, 1.54) is 12.1 Å². The molecule has 1 heterocycles. The number of amides is 2. The second-order valence-corrected chi connectivity index (χ2v) is 6.61. The van der Waals surface area contributed by atoms with Gasteiger partial charge in [0.25, 0.3) is 5.91 Å². The standard InChI is InChI=1S/C22H23FN2O3/c1-2-13-28-20-8-4-6-18(15-20)22(27)24-10-9-21(26)25(12-11-24)16-17-5-3-7-19(23)14-17/h2-8,14-15H,1,9-13,16H2. The van der Waals surface area contributed by atoms with Crippen LogP contribution in [0.15, 0.2) is 61.2 Å². The van der Waals surface area contributed by atoms with E-state index in [1.807, 2.05) is 0 Å². The van der Waals surface area contributed by atoms with E-state index in [0.29, 0.717) is 44.1 Å². The SMILES string of the molecule is C=CCOc1cccc(C(=O)N2CCC(=O)N(Cc3cccc(F)c3)CC2)c1. The molecule has 146 valence electrons. The van der Waals surface area contributed by atoms with E-state index >= 15 is 0 Å². The van der Waals surface area contributed by atoms with Crippen LogP contribution in [0.4, 0.5) is 4.39 Å². The molecular weight excluding hydrogens is 359 g/mol. The molecule has 0 bridgehead atoms.